The first kappa shape index (κ1) is 69.0. The summed E-state index contributed by atoms with van der Waals surface area (Å²) in [7, 11) is 0. The lowest BCUT2D eigenvalue weighted by atomic mass is 10.1. The third-order valence-electron chi connectivity index (χ3n) is 11.7. The third kappa shape index (κ3) is 57.9. The molecule has 0 heterocycles. The normalized spacial score (nSPS) is 13.3. The molecule has 74 heavy (non-hydrogen) atoms. The van der Waals surface area contributed by atoms with Crippen LogP contribution in [0, 0.1) is 0 Å². The van der Waals surface area contributed by atoms with Crippen LogP contribution in [0.25, 0.3) is 0 Å². The number of allylic oxidation sites excluding steroid dienone is 26. The molecule has 0 aromatic carbocycles. The Bertz CT molecular complexity index is 1690. The first-order valence-corrected chi connectivity index (χ1v) is 29.5. The van der Waals surface area contributed by atoms with Crippen LogP contribution in [0.1, 0.15) is 233 Å². The Hall–Kier alpha value is -4.97. The Balaban J connectivity index is 4.55. The number of hydrogen-bond donors (Lipinski definition) is 0. The molecular weight excluding hydrogens is 913 g/mol. The lowest BCUT2D eigenvalue weighted by Crippen LogP contribution is -2.30. The molecule has 1 unspecified atom stereocenters. The van der Waals surface area contributed by atoms with Crippen LogP contribution in [-0.2, 0) is 28.6 Å². The number of esters is 3. The van der Waals surface area contributed by atoms with Gasteiger partial charge < -0.3 is 14.2 Å². The summed E-state index contributed by atoms with van der Waals surface area (Å²) >= 11 is 0. The van der Waals surface area contributed by atoms with Crippen LogP contribution in [-0.4, -0.2) is 37.2 Å². The first-order valence-electron chi connectivity index (χ1n) is 29.5. The zero-order valence-corrected chi connectivity index (χ0v) is 47.3. The minimum absolute atomic E-state index is 0.116. The molecule has 6 nitrogen and oxygen atoms in total. The molecule has 0 spiro atoms. The maximum Gasteiger partial charge on any atom is 0.306 e. The van der Waals surface area contributed by atoms with Gasteiger partial charge in [-0.15, -0.1) is 0 Å². The molecule has 0 aliphatic rings. The van der Waals surface area contributed by atoms with E-state index in [9.17, 15) is 14.4 Å². The number of carbonyl (C=O) groups is 3. The second kappa shape index (κ2) is 60.6. The number of carbonyl (C=O) groups excluding carboxylic acids is 3. The summed E-state index contributed by atoms with van der Waals surface area (Å²) in [6, 6.07) is 0. The van der Waals surface area contributed by atoms with Crippen molar-refractivity contribution in [2.45, 2.75) is 239 Å². The Morgan fingerprint density at radius 2 is 0.541 bits per heavy atom. The van der Waals surface area contributed by atoms with E-state index in [1.165, 1.54) is 32.1 Å². The molecule has 0 aliphatic carbocycles. The van der Waals surface area contributed by atoms with Crippen LogP contribution < -0.4 is 0 Å². The molecular formula is C68H106O6. The van der Waals surface area contributed by atoms with E-state index in [0.717, 1.165) is 154 Å². The molecule has 0 saturated carbocycles. The fourth-order valence-electron chi connectivity index (χ4n) is 7.38. The molecule has 0 amide bonds. The third-order valence-corrected chi connectivity index (χ3v) is 11.7. The molecule has 0 aromatic rings. The van der Waals surface area contributed by atoms with Gasteiger partial charge in [-0.1, -0.05) is 237 Å². The van der Waals surface area contributed by atoms with Gasteiger partial charge in [0.05, 0.1) is 0 Å². The quantitative estimate of drug-likeness (QED) is 0.0261. The van der Waals surface area contributed by atoms with Gasteiger partial charge in [-0.05, 0) is 135 Å². The summed E-state index contributed by atoms with van der Waals surface area (Å²) in [6.07, 6.45) is 88.1. The summed E-state index contributed by atoms with van der Waals surface area (Å²) in [4.78, 5) is 38.2. The highest BCUT2D eigenvalue weighted by atomic mass is 16.6. The monoisotopic (exact) mass is 1020 g/mol. The van der Waals surface area contributed by atoms with Gasteiger partial charge in [0, 0.05) is 19.3 Å². The predicted molar refractivity (Wildman–Crippen MR) is 320 cm³/mol. The van der Waals surface area contributed by atoms with Crippen molar-refractivity contribution in [1.82, 2.24) is 0 Å². The number of rotatable bonds is 51. The summed E-state index contributed by atoms with van der Waals surface area (Å²) < 4.78 is 16.8. The van der Waals surface area contributed by atoms with Gasteiger partial charge >= 0.3 is 17.9 Å². The van der Waals surface area contributed by atoms with E-state index in [1.54, 1.807) is 0 Å². The topological polar surface area (TPSA) is 78.9 Å². The highest BCUT2D eigenvalue weighted by Gasteiger charge is 2.19. The van der Waals surface area contributed by atoms with Gasteiger partial charge in [0.1, 0.15) is 13.2 Å². The summed E-state index contributed by atoms with van der Waals surface area (Å²) in [5.41, 5.74) is 0. The number of ether oxygens (including phenoxy) is 3. The SMILES string of the molecule is CC/C=C\C/C=C\C/C=C\C/C=C\C/C=C\C/C=C\C/C=C\CCCC(=O)OCC(COC(=O)CCCCCCC/C=C\C/C=C\CCCC)OC(=O)CCCCCCCC/C=C\C/C=C\C/C=C\C/C=C\CC. The van der Waals surface area contributed by atoms with Crippen LogP contribution in [0.2, 0.25) is 0 Å². The molecule has 0 N–H and O–H groups in total. The highest BCUT2D eigenvalue weighted by molar-refractivity contribution is 5.71. The Labute approximate surface area is 454 Å². The second-order valence-corrected chi connectivity index (χ2v) is 18.8. The Kier molecular flexibility index (Phi) is 56.5. The van der Waals surface area contributed by atoms with Crippen molar-refractivity contribution >= 4 is 17.9 Å². The van der Waals surface area contributed by atoms with Crippen molar-refractivity contribution in [3.05, 3.63) is 158 Å². The smallest absolute Gasteiger partial charge is 0.306 e. The lowest BCUT2D eigenvalue weighted by molar-refractivity contribution is -0.167. The number of unbranched alkanes of at least 4 members (excludes halogenated alkanes) is 14. The zero-order chi connectivity index (χ0) is 53.6. The summed E-state index contributed by atoms with van der Waals surface area (Å²) in [6.45, 7) is 6.29. The van der Waals surface area contributed by atoms with Crippen LogP contribution in [0.3, 0.4) is 0 Å². The molecule has 0 bridgehead atoms. The molecule has 6 heteroatoms. The first-order chi connectivity index (χ1) is 36.5. The van der Waals surface area contributed by atoms with E-state index < -0.39 is 6.10 Å². The van der Waals surface area contributed by atoms with E-state index in [0.29, 0.717) is 12.8 Å². The molecule has 0 aromatic heterocycles. The maximum absolute atomic E-state index is 12.9. The van der Waals surface area contributed by atoms with E-state index in [1.807, 2.05) is 0 Å². The molecule has 0 fully saturated rings. The summed E-state index contributed by atoms with van der Waals surface area (Å²) in [5, 5.41) is 0. The van der Waals surface area contributed by atoms with Gasteiger partial charge in [0.2, 0.25) is 0 Å². The van der Waals surface area contributed by atoms with Crippen LogP contribution in [0.5, 0.6) is 0 Å². The maximum atomic E-state index is 12.9. The number of hydrogen-bond acceptors (Lipinski definition) is 6. The predicted octanol–water partition coefficient (Wildman–Crippen LogP) is 20.1. The van der Waals surface area contributed by atoms with Gasteiger partial charge in [-0.25, -0.2) is 0 Å². The largest absolute Gasteiger partial charge is 0.462 e. The van der Waals surface area contributed by atoms with Crippen molar-refractivity contribution in [2.24, 2.45) is 0 Å². The van der Waals surface area contributed by atoms with Crippen LogP contribution in [0.4, 0.5) is 0 Å². The molecule has 414 valence electrons. The fraction of sp³-hybridized carbons (Fsp3) is 0.574. The molecule has 0 rings (SSSR count). The molecule has 0 saturated heterocycles. The average Bonchev–Trinajstić information content (AvgIpc) is 3.40. The highest BCUT2D eigenvalue weighted by Crippen LogP contribution is 2.13. The van der Waals surface area contributed by atoms with Gasteiger partial charge in [0.15, 0.2) is 6.10 Å². The van der Waals surface area contributed by atoms with E-state index in [-0.39, 0.29) is 44.0 Å². The average molecular weight is 1020 g/mol. The van der Waals surface area contributed by atoms with Crippen molar-refractivity contribution in [1.29, 1.82) is 0 Å². The minimum Gasteiger partial charge on any atom is -0.462 e. The van der Waals surface area contributed by atoms with Crippen LogP contribution >= 0.6 is 0 Å². The van der Waals surface area contributed by atoms with Gasteiger partial charge in [-0.2, -0.15) is 0 Å². The molecule has 0 radical (unpaired) electrons. The Morgan fingerprint density at radius 1 is 0.284 bits per heavy atom. The summed E-state index contributed by atoms with van der Waals surface area (Å²) in [5.74, 6) is -1.01. The molecule has 0 aliphatic heterocycles. The van der Waals surface area contributed by atoms with E-state index in [2.05, 4.69) is 179 Å². The fourth-order valence-corrected chi connectivity index (χ4v) is 7.38. The lowest BCUT2D eigenvalue weighted by Gasteiger charge is -2.18. The van der Waals surface area contributed by atoms with Crippen molar-refractivity contribution in [3.8, 4) is 0 Å². The standard InChI is InChI=1S/C68H106O6/c1-4-7-10-13-16-19-22-25-28-30-32-33-34-35-37-38-40-43-46-49-52-55-58-61-67(70)73-64-65(63-72-66(69)60-57-54-51-48-45-42-27-24-21-18-15-12-9-6-3)74-68(71)62-59-56-53-50-47-44-41-39-36-31-29-26-23-20-17-14-11-8-5-2/h7-8,10-11,15-20,24-29,32-33,35-37,39-40,43,49,52,65H,4-6,9,12-14,21-23,30-31,34,38,41-42,44-48,50-51,53-64H2,1-3H3/b10-7-,11-8-,18-15-,19-16-,20-17-,27-24-,28-25-,29-26-,33-32-,37-35-,39-36-,43-40-,52-49-. The van der Waals surface area contributed by atoms with E-state index >= 15 is 0 Å². The Morgan fingerprint density at radius 3 is 0.878 bits per heavy atom. The van der Waals surface area contributed by atoms with Crippen LogP contribution in [0.15, 0.2) is 158 Å². The van der Waals surface area contributed by atoms with Gasteiger partial charge in [0.25, 0.3) is 0 Å². The van der Waals surface area contributed by atoms with Crippen molar-refractivity contribution in [2.75, 3.05) is 13.2 Å². The molecule has 1 atom stereocenters. The van der Waals surface area contributed by atoms with Crippen molar-refractivity contribution in [3.63, 3.8) is 0 Å². The minimum atomic E-state index is -0.824. The van der Waals surface area contributed by atoms with Gasteiger partial charge in [-0.3, -0.25) is 14.4 Å². The second-order valence-electron chi connectivity index (χ2n) is 18.8. The zero-order valence-electron chi connectivity index (χ0n) is 47.3. The van der Waals surface area contributed by atoms with Crippen molar-refractivity contribution < 1.29 is 28.6 Å². The van der Waals surface area contributed by atoms with E-state index in [4.69, 9.17) is 14.2 Å².